The zero-order valence-electron chi connectivity index (χ0n) is 15.7. The molecule has 0 spiro atoms. The van der Waals surface area contributed by atoms with Crippen molar-refractivity contribution in [3.8, 4) is 22.8 Å². The quantitative estimate of drug-likeness (QED) is 0.380. The van der Waals surface area contributed by atoms with Crippen LogP contribution in [0.25, 0.3) is 22.8 Å². The zero-order chi connectivity index (χ0) is 20.1. The van der Waals surface area contributed by atoms with E-state index in [-0.39, 0.29) is 0 Å². The van der Waals surface area contributed by atoms with Crippen LogP contribution in [-0.4, -0.2) is 38.6 Å². The van der Waals surface area contributed by atoms with Gasteiger partial charge in [0.25, 0.3) is 0 Å². The second-order valence-corrected chi connectivity index (χ2v) is 7.50. The molecule has 2 heterocycles. The normalized spacial score (nSPS) is 11.1. The van der Waals surface area contributed by atoms with E-state index in [1.54, 1.807) is 19.2 Å². The second-order valence-electron chi connectivity index (χ2n) is 6.12. The zero-order valence-corrected chi connectivity index (χ0v) is 17.2. The third-order valence-corrected chi connectivity index (χ3v) is 5.37. The Bertz CT molecular complexity index is 1070. The molecule has 4 aromatic rings. The number of aromatic nitrogens is 5. The van der Waals surface area contributed by atoms with Crippen molar-refractivity contribution in [2.24, 2.45) is 0 Å². The van der Waals surface area contributed by atoms with E-state index in [2.05, 4.69) is 20.3 Å². The van der Waals surface area contributed by atoms with Gasteiger partial charge in [0.2, 0.25) is 11.7 Å². The Labute approximate surface area is 177 Å². The van der Waals surface area contributed by atoms with Gasteiger partial charge in [-0.3, -0.25) is 4.57 Å². The van der Waals surface area contributed by atoms with Crippen LogP contribution in [-0.2, 0) is 17.0 Å². The Morgan fingerprint density at radius 2 is 1.83 bits per heavy atom. The van der Waals surface area contributed by atoms with E-state index in [0.29, 0.717) is 35.6 Å². The van der Waals surface area contributed by atoms with Gasteiger partial charge in [0.1, 0.15) is 0 Å². The Hall–Kier alpha value is -2.68. The number of halogens is 1. The molecule has 2 aromatic carbocycles. The van der Waals surface area contributed by atoms with Crippen LogP contribution in [0.5, 0.6) is 0 Å². The molecule has 9 heteroatoms. The summed E-state index contributed by atoms with van der Waals surface area (Å²) < 4.78 is 12.7. The summed E-state index contributed by atoms with van der Waals surface area (Å²) in [6.07, 6.45) is 0. The van der Waals surface area contributed by atoms with Crippen molar-refractivity contribution in [2.45, 2.75) is 17.5 Å². The monoisotopic (exact) mass is 427 g/mol. The molecule has 0 saturated heterocycles. The predicted molar refractivity (Wildman–Crippen MR) is 112 cm³/mol. The van der Waals surface area contributed by atoms with Crippen molar-refractivity contribution in [3.63, 3.8) is 0 Å². The largest absolute Gasteiger partial charge is 0.383 e. The maximum Gasteiger partial charge on any atom is 0.237 e. The lowest BCUT2D eigenvalue weighted by molar-refractivity contribution is 0.185. The van der Waals surface area contributed by atoms with Gasteiger partial charge in [-0.1, -0.05) is 58.9 Å². The van der Waals surface area contributed by atoms with Gasteiger partial charge >= 0.3 is 0 Å². The van der Waals surface area contributed by atoms with Gasteiger partial charge in [-0.15, -0.1) is 10.2 Å². The molecular formula is C20H18ClN5O2S. The number of benzene rings is 2. The van der Waals surface area contributed by atoms with Crippen LogP contribution in [0.1, 0.15) is 5.89 Å². The van der Waals surface area contributed by atoms with Crippen molar-refractivity contribution in [2.75, 3.05) is 13.7 Å². The van der Waals surface area contributed by atoms with E-state index in [9.17, 15) is 0 Å². The van der Waals surface area contributed by atoms with E-state index in [4.69, 9.17) is 20.9 Å². The molecule has 0 amide bonds. The molecule has 4 rings (SSSR count). The Morgan fingerprint density at radius 3 is 2.59 bits per heavy atom. The fraction of sp³-hybridized carbons (Fsp3) is 0.200. The summed E-state index contributed by atoms with van der Waals surface area (Å²) in [6, 6.07) is 17.3. The van der Waals surface area contributed by atoms with Gasteiger partial charge in [0.05, 0.1) is 18.9 Å². The van der Waals surface area contributed by atoms with Crippen molar-refractivity contribution < 1.29 is 9.26 Å². The molecule has 0 saturated carbocycles. The molecule has 0 fully saturated rings. The molecule has 0 bridgehead atoms. The highest BCUT2D eigenvalue weighted by atomic mass is 35.5. The van der Waals surface area contributed by atoms with Crippen molar-refractivity contribution in [3.05, 3.63) is 65.5 Å². The first-order valence-electron chi connectivity index (χ1n) is 8.93. The Balaban J connectivity index is 1.51. The Kier molecular flexibility index (Phi) is 6.24. The maximum absolute atomic E-state index is 5.93. The number of hydrogen-bond acceptors (Lipinski definition) is 7. The van der Waals surface area contributed by atoms with Crippen LogP contribution < -0.4 is 0 Å². The number of nitrogens with zero attached hydrogens (tertiary/aromatic N) is 5. The van der Waals surface area contributed by atoms with Crippen molar-refractivity contribution in [1.82, 2.24) is 24.9 Å². The molecule has 0 aliphatic heterocycles. The predicted octanol–water partition coefficient (Wildman–Crippen LogP) is 4.59. The highest BCUT2D eigenvalue weighted by molar-refractivity contribution is 7.98. The number of thioether (sulfide) groups is 1. The van der Waals surface area contributed by atoms with Crippen LogP contribution in [0.4, 0.5) is 0 Å². The highest BCUT2D eigenvalue weighted by Gasteiger charge is 2.16. The van der Waals surface area contributed by atoms with Crippen LogP contribution in [0.3, 0.4) is 0 Å². The van der Waals surface area contributed by atoms with E-state index in [1.807, 2.05) is 47.0 Å². The smallest absolute Gasteiger partial charge is 0.237 e. The summed E-state index contributed by atoms with van der Waals surface area (Å²) in [6.45, 7) is 1.21. The lowest BCUT2D eigenvalue weighted by Gasteiger charge is -2.09. The molecule has 0 N–H and O–H groups in total. The SMILES string of the molecule is COCCn1c(SCc2nc(-c3ccc(Cl)cc3)no2)nnc1-c1ccccc1. The van der Waals surface area contributed by atoms with Gasteiger partial charge in [-0.25, -0.2) is 0 Å². The number of rotatable bonds is 8. The van der Waals surface area contributed by atoms with Crippen molar-refractivity contribution >= 4 is 23.4 Å². The first-order chi connectivity index (χ1) is 14.2. The summed E-state index contributed by atoms with van der Waals surface area (Å²) in [5.74, 6) is 2.34. The van der Waals surface area contributed by atoms with E-state index in [1.165, 1.54) is 11.8 Å². The molecule has 0 atom stereocenters. The fourth-order valence-corrected chi connectivity index (χ4v) is 3.66. The minimum Gasteiger partial charge on any atom is -0.383 e. The summed E-state index contributed by atoms with van der Waals surface area (Å²) in [5, 5.41) is 14.2. The number of hydrogen-bond donors (Lipinski definition) is 0. The van der Waals surface area contributed by atoms with Crippen LogP contribution in [0, 0.1) is 0 Å². The van der Waals surface area contributed by atoms with E-state index < -0.39 is 0 Å². The lowest BCUT2D eigenvalue weighted by Crippen LogP contribution is -2.07. The molecule has 7 nitrogen and oxygen atoms in total. The highest BCUT2D eigenvalue weighted by Crippen LogP contribution is 2.27. The lowest BCUT2D eigenvalue weighted by atomic mass is 10.2. The standard InChI is InChI=1S/C20H18ClN5O2S/c1-27-12-11-26-19(15-5-3-2-4-6-15)23-24-20(26)29-13-17-22-18(25-28-17)14-7-9-16(21)10-8-14/h2-10H,11-13H2,1H3. The Morgan fingerprint density at radius 1 is 1.03 bits per heavy atom. The first kappa shape index (κ1) is 19.6. The number of ether oxygens (including phenoxy) is 1. The third kappa shape index (κ3) is 4.67. The first-order valence-corrected chi connectivity index (χ1v) is 10.3. The third-order valence-electron chi connectivity index (χ3n) is 4.16. The number of methoxy groups -OCH3 is 1. The minimum absolute atomic E-state index is 0.487. The molecule has 29 heavy (non-hydrogen) atoms. The molecule has 0 aliphatic carbocycles. The molecule has 0 aliphatic rings. The topological polar surface area (TPSA) is 78.9 Å². The summed E-state index contributed by atoms with van der Waals surface area (Å²) in [7, 11) is 1.68. The summed E-state index contributed by atoms with van der Waals surface area (Å²) in [4.78, 5) is 4.46. The molecule has 0 radical (unpaired) electrons. The van der Waals surface area contributed by atoms with Crippen LogP contribution in [0.15, 0.2) is 64.3 Å². The van der Waals surface area contributed by atoms with E-state index in [0.717, 1.165) is 22.1 Å². The second kappa shape index (κ2) is 9.21. The molecule has 2 aromatic heterocycles. The van der Waals surface area contributed by atoms with Gasteiger partial charge in [-0.2, -0.15) is 4.98 Å². The molecule has 0 unspecified atom stereocenters. The van der Waals surface area contributed by atoms with Gasteiger partial charge < -0.3 is 9.26 Å². The van der Waals surface area contributed by atoms with Crippen LogP contribution >= 0.6 is 23.4 Å². The van der Waals surface area contributed by atoms with Crippen LogP contribution in [0.2, 0.25) is 5.02 Å². The average molecular weight is 428 g/mol. The molecule has 148 valence electrons. The van der Waals surface area contributed by atoms with Crippen molar-refractivity contribution in [1.29, 1.82) is 0 Å². The average Bonchev–Trinajstić information content (AvgIpc) is 3.39. The molecular weight excluding hydrogens is 410 g/mol. The van der Waals surface area contributed by atoms with Gasteiger partial charge in [0, 0.05) is 23.3 Å². The van der Waals surface area contributed by atoms with E-state index >= 15 is 0 Å². The minimum atomic E-state index is 0.487. The fourth-order valence-electron chi connectivity index (χ4n) is 2.74. The maximum atomic E-state index is 5.93. The summed E-state index contributed by atoms with van der Waals surface area (Å²) >= 11 is 7.42. The summed E-state index contributed by atoms with van der Waals surface area (Å²) in [5.41, 5.74) is 1.86. The van der Waals surface area contributed by atoms with Gasteiger partial charge in [0.15, 0.2) is 11.0 Å². The van der Waals surface area contributed by atoms with Gasteiger partial charge in [-0.05, 0) is 24.3 Å².